The Morgan fingerprint density at radius 1 is 0.467 bits per heavy atom. The minimum Gasteiger partial charge on any atom is -0.307 e. The summed E-state index contributed by atoms with van der Waals surface area (Å²) in [5.74, 6) is 0. The van der Waals surface area contributed by atoms with Crippen LogP contribution in [-0.2, 0) is 36.8 Å². The molecule has 0 aliphatic rings. The molecule has 0 N–H and O–H groups in total. The van der Waals surface area contributed by atoms with Crippen molar-refractivity contribution in [3.05, 3.63) is 0 Å². The second kappa shape index (κ2) is 17.2. The summed E-state index contributed by atoms with van der Waals surface area (Å²) < 4.78 is 42.5. The summed E-state index contributed by atoms with van der Waals surface area (Å²) in [5.41, 5.74) is -0.883. The molecule has 0 rings (SSSR count). The Hall–Kier alpha value is -0.360. The summed E-state index contributed by atoms with van der Waals surface area (Å²) in [6, 6.07) is 0. The molecule has 0 atom stereocenters. The summed E-state index contributed by atoms with van der Waals surface area (Å²) in [6.07, 6.45) is 13.0. The van der Waals surface area contributed by atoms with Crippen LogP contribution in [-0.4, -0.2) is 39.5 Å². The van der Waals surface area contributed by atoms with E-state index in [9.17, 15) is 18.7 Å². The van der Waals surface area contributed by atoms with Gasteiger partial charge in [-0.3, -0.25) is 18.7 Å². The third-order valence-electron chi connectivity index (χ3n) is 5.10. The second-order valence-electron chi connectivity index (χ2n) is 7.26. The van der Waals surface area contributed by atoms with Crippen LogP contribution in [0.15, 0.2) is 0 Å². The lowest BCUT2D eigenvalue weighted by molar-refractivity contribution is -0.114. The quantitative estimate of drug-likeness (QED) is 0.139. The Kier molecular flexibility index (Phi) is 17.0. The fourth-order valence-electron chi connectivity index (χ4n) is 3.15. The average Bonchev–Trinajstić information content (AvgIpc) is 2.77. The van der Waals surface area contributed by atoms with Gasteiger partial charge in [0.05, 0.1) is 0 Å². The molecule has 0 heterocycles. The molecule has 0 radical (unpaired) electrons. The Labute approximate surface area is 181 Å². The molecular weight excluding hydrogens is 430 g/mol. The Balaban J connectivity index is 3.49. The summed E-state index contributed by atoms with van der Waals surface area (Å²) in [7, 11) is -2.19. The molecule has 0 amide bonds. The van der Waals surface area contributed by atoms with E-state index >= 15 is 0 Å². The van der Waals surface area contributed by atoms with Gasteiger partial charge >= 0.3 is 15.2 Å². The summed E-state index contributed by atoms with van der Waals surface area (Å²) >= 11 is 0. The van der Waals surface area contributed by atoms with Crippen LogP contribution in [0, 0.1) is 0 Å². The van der Waals surface area contributed by atoms with Crippen molar-refractivity contribution in [3.8, 4) is 0 Å². The highest BCUT2D eigenvalue weighted by molar-refractivity contribution is 7.72. The van der Waals surface area contributed by atoms with Crippen molar-refractivity contribution in [2.75, 3.05) is 28.4 Å². The van der Waals surface area contributed by atoms with Gasteiger partial charge in [-0.25, -0.2) is 0 Å². The van der Waals surface area contributed by atoms with Crippen molar-refractivity contribution in [3.63, 3.8) is 0 Å². The lowest BCUT2D eigenvalue weighted by Crippen LogP contribution is -2.03. The first kappa shape index (κ1) is 29.6. The largest absolute Gasteiger partial charge is 0.396 e. The molecule has 10 heteroatoms. The van der Waals surface area contributed by atoms with Crippen molar-refractivity contribution in [2.45, 2.75) is 89.9 Å². The Morgan fingerprint density at radius 3 is 0.867 bits per heavy atom. The summed E-state index contributed by atoms with van der Waals surface area (Å²) in [5, 5.41) is 0. The lowest BCUT2D eigenvalue weighted by atomic mass is 10.0. The standard InChI is InChI=1S/C20H40O8P2/c1-25-29(23,26-2)19(21)17-15-13-11-9-7-5-6-8-10-12-14-16-18-20(22)30(24,27-3)28-4/h5-18H2,1-4H3. The number of carbonyl (C=O) groups excluding carboxylic acids is 2. The molecule has 0 aliphatic carbocycles. The molecule has 8 nitrogen and oxygen atoms in total. The van der Waals surface area contributed by atoms with E-state index in [1.54, 1.807) is 0 Å². The van der Waals surface area contributed by atoms with Gasteiger partial charge < -0.3 is 18.1 Å². The van der Waals surface area contributed by atoms with Crippen LogP contribution in [0.4, 0.5) is 0 Å². The van der Waals surface area contributed by atoms with Gasteiger partial charge in [-0.2, -0.15) is 0 Å². The normalized spacial score (nSPS) is 12.3. The van der Waals surface area contributed by atoms with Crippen molar-refractivity contribution in [1.29, 1.82) is 0 Å². The topological polar surface area (TPSA) is 105 Å². The second-order valence-corrected chi connectivity index (χ2v) is 11.7. The molecule has 0 fully saturated rings. The fraction of sp³-hybridized carbons (Fsp3) is 0.900. The Morgan fingerprint density at radius 2 is 0.667 bits per heavy atom. The van der Waals surface area contributed by atoms with Gasteiger partial charge in [0.15, 0.2) is 0 Å². The molecule has 0 unspecified atom stereocenters. The minimum atomic E-state index is -3.55. The molecule has 0 aromatic rings. The first-order chi connectivity index (χ1) is 14.3. The summed E-state index contributed by atoms with van der Waals surface area (Å²) in [6.45, 7) is 0. The zero-order valence-corrected chi connectivity index (χ0v) is 20.8. The lowest BCUT2D eigenvalue weighted by Gasteiger charge is -2.11. The highest BCUT2D eigenvalue weighted by atomic mass is 31.2. The van der Waals surface area contributed by atoms with Gasteiger partial charge in [0.1, 0.15) is 0 Å². The predicted molar refractivity (Wildman–Crippen MR) is 118 cm³/mol. The average molecular weight is 470 g/mol. The number of hydrogen-bond acceptors (Lipinski definition) is 8. The predicted octanol–water partition coefficient (Wildman–Crippen LogP) is 6.47. The number of carbonyl (C=O) groups is 2. The number of rotatable bonds is 21. The van der Waals surface area contributed by atoms with Crippen LogP contribution in [0.5, 0.6) is 0 Å². The molecule has 0 spiro atoms. The molecule has 178 valence electrons. The van der Waals surface area contributed by atoms with Gasteiger partial charge in [0.2, 0.25) is 11.0 Å². The fourth-order valence-corrected chi connectivity index (χ4v) is 5.13. The van der Waals surface area contributed by atoms with E-state index in [2.05, 4.69) is 0 Å². The van der Waals surface area contributed by atoms with E-state index < -0.39 is 26.2 Å². The van der Waals surface area contributed by atoms with Crippen LogP contribution in [0.3, 0.4) is 0 Å². The highest BCUT2D eigenvalue weighted by Gasteiger charge is 2.31. The molecule has 0 aliphatic heterocycles. The van der Waals surface area contributed by atoms with E-state index in [-0.39, 0.29) is 12.8 Å². The SMILES string of the molecule is COP(=O)(OC)C(=O)CCCCCCCCCCCCCCC(=O)P(=O)(OC)OC. The maximum absolute atomic E-state index is 11.9. The zero-order chi connectivity index (χ0) is 22.9. The van der Waals surface area contributed by atoms with Gasteiger partial charge in [0.25, 0.3) is 0 Å². The van der Waals surface area contributed by atoms with Gasteiger partial charge in [0, 0.05) is 41.3 Å². The van der Waals surface area contributed by atoms with Crippen LogP contribution in [0.25, 0.3) is 0 Å². The van der Waals surface area contributed by atoms with E-state index in [1.165, 1.54) is 54.1 Å². The molecule has 0 aromatic heterocycles. The highest BCUT2D eigenvalue weighted by Crippen LogP contribution is 2.49. The molecule has 0 bridgehead atoms. The molecule has 30 heavy (non-hydrogen) atoms. The smallest absolute Gasteiger partial charge is 0.307 e. The van der Waals surface area contributed by atoms with Crippen molar-refractivity contribution < 1.29 is 36.8 Å². The molecule has 0 saturated carbocycles. The van der Waals surface area contributed by atoms with Crippen molar-refractivity contribution in [1.82, 2.24) is 0 Å². The molecule has 0 saturated heterocycles. The molecule has 0 aromatic carbocycles. The summed E-state index contributed by atoms with van der Waals surface area (Å²) in [4.78, 5) is 23.6. The maximum atomic E-state index is 11.9. The number of hydrogen-bond donors (Lipinski definition) is 0. The van der Waals surface area contributed by atoms with Crippen LogP contribution in [0.1, 0.15) is 89.9 Å². The van der Waals surface area contributed by atoms with Crippen molar-refractivity contribution >= 4 is 26.2 Å². The third-order valence-corrected chi connectivity index (χ3v) is 8.70. The van der Waals surface area contributed by atoms with Gasteiger partial charge in [-0.1, -0.05) is 64.2 Å². The van der Waals surface area contributed by atoms with E-state index in [0.29, 0.717) is 12.8 Å². The minimum absolute atomic E-state index is 0.235. The maximum Gasteiger partial charge on any atom is 0.396 e. The van der Waals surface area contributed by atoms with Gasteiger partial charge in [-0.05, 0) is 12.8 Å². The molecular formula is C20H40O8P2. The monoisotopic (exact) mass is 470 g/mol. The Bertz CT molecular complexity index is 513. The van der Waals surface area contributed by atoms with Crippen LogP contribution >= 0.6 is 15.2 Å². The van der Waals surface area contributed by atoms with Crippen LogP contribution < -0.4 is 0 Å². The van der Waals surface area contributed by atoms with E-state index in [0.717, 1.165) is 38.5 Å². The van der Waals surface area contributed by atoms with Crippen molar-refractivity contribution in [2.24, 2.45) is 0 Å². The first-order valence-corrected chi connectivity index (χ1v) is 13.9. The van der Waals surface area contributed by atoms with Crippen LogP contribution in [0.2, 0.25) is 0 Å². The van der Waals surface area contributed by atoms with Gasteiger partial charge in [-0.15, -0.1) is 0 Å². The van der Waals surface area contributed by atoms with E-state index in [4.69, 9.17) is 18.1 Å². The first-order valence-electron chi connectivity index (χ1n) is 10.8. The third kappa shape index (κ3) is 11.9. The zero-order valence-electron chi connectivity index (χ0n) is 19.1. The number of unbranched alkanes of at least 4 members (excludes halogenated alkanes) is 11. The van der Waals surface area contributed by atoms with E-state index in [1.807, 2.05) is 0 Å².